The predicted molar refractivity (Wildman–Crippen MR) is 89.7 cm³/mol. The van der Waals surface area contributed by atoms with Crippen molar-refractivity contribution in [2.75, 3.05) is 6.54 Å². The molecule has 0 bridgehead atoms. The van der Waals surface area contributed by atoms with Gasteiger partial charge in [0.25, 0.3) is 5.91 Å². The number of hydrogen-bond acceptors (Lipinski definition) is 1. The summed E-state index contributed by atoms with van der Waals surface area (Å²) in [6, 6.07) is 18.0. The largest absolute Gasteiger partial charge is 0.345 e. The zero-order valence-corrected chi connectivity index (χ0v) is 13.7. The molecule has 0 aliphatic heterocycles. The molecule has 22 heavy (non-hydrogen) atoms. The Morgan fingerprint density at radius 2 is 1.68 bits per heavy atom. The first-order valence-electron chi connectivity index (χ1n) is 7.49. The number of hydrogen-bond donors (Lipinski definition) is 2. The minimum atomic E-state index is -0.0230. The van der Waals surface area contributed by atoms with Gasteiger partial charge in [-0.15, -0.1) is 0 Å². The lowest BCUT2D eigenvalue weighted by Crippen LogP contribution is -2.87. The van der Waals surface area contributed by atoms with Crippen LogP contribution in [0, 0.1) is 0 Å². The number of carbonyl (C=O) groups is 1. The molecule has 3 nitrogen and oxygen atoms in total. The summed E-state index contributed by atoms with van der Waals surface area (Å²) in [5.74, 6) is 0.0326. The third-order valence-electron chi connectivity index (χ3n) is 3.73. The molecule has 0 fully saturated rings. The monoisotopic (exact) mass is 317 g/mol. The van der Waals surface area contributed by atoms with Crippen molar-refractivity contribution in [1.29, 1.82) is 0 Å². The number of amides is 1. The Morgan fingerprint density at radius 1 is 1.05 bits per heavy atom. The molecule has 2 aromatic carbocycles. The number of nitrogens with one attached hydrogen (secondary N) is 1. The summed E-state index contributed by atoms with van der Waals surface area (Å²) >= 11 is 5.87. The zero-order valence-electron chi connectivity index (χ0n) is 12.9. The molecular weight excluding hydrogens is 296 g/mol. The third-order valence-corrected chi connectivity index (χ3v) is 3.98. The molecule has 0 aromatic heterocycles. The van der Waals surface area contributed by atoms with Crippen molar-refractivity contribution < 1.29 is 10.1 Å². The van der Waals surface area contributed by atoms with Crippen molar-refractivity contribution in [2.24, 2.45) is 0 Å². The maximum atomic E-state index is 12.1. The SMILES string of the molecule is C[C@H](NC(=O)C[NH2+][C@H](C)c1ccccc1)c1ccc(Cl)cc1. The number of rotatable bonds is 6. The quantitative estimate of drug-likeness (QED) is 0.845. The van der Waals surface area contributed by atoms with Crippen LogP contribution in [0.4, 0.5) is 0 Å². The first kappa shape index (κ1) is 16.5. The molecule has 0 heterocycles. The standard InChI is InChI=1S/C18H21ClN2O/c1-13(15-6-4-3-5-7-15)20-12-18(22)21-14(2)16-8-10-17(19)11-9-16/h3-11,13-14,20H,12H2,1-2H3,(H,21,22)/p+1/t13-,14+/m1/s1. The highest BCUT2D eigenvalue weighted by molar-refractivity contribution is 6.30. The van der Waals surface area contributed by atoms with Gasteiger partial charge < -0.3 is 10.6 Å². The van der Waals surface area contributed by atoms with Gasteiger partial charge in [-0.1, -0.05) is 54.1 Å². The van der Waals surface area contributed by atoms with E-state index >= 15 is 0 Å². The number of nitrogens with two attached hydrogens (primary N) is 1. The van der Waals surface area contributed by atoms with Gasteiger partial charge in [0.2, 0.25) is 0 Å². The van der Waals surface area contributed by atoms with Crippen LogP contribution >= 0.6 is 11.6 Å². The molecule has 2 atom stereocenters. The fourth-order valence-electron chi connectivity index (χ4n) is 2.31. The first-order chi connectivity index (χ1) is 10.6. The lowest BCUT2D eigenvalue weighted by molar-refractivity contribution is -0.682. The Morgan fingerprint density at radius 3 is 2.32 bits per heavy atom. The van der Waals surface area contributed by atoms with Crippen LogP contribution in [0.25, 0.3) is 0 Å². The van der Waals surface area contributed by atoms with Crippen LogP contribution in [0.5, 0.6) is 0 Å². The number of halogens is 1. The minimum Gasteiger partial charge on any atom is -0.345 e. The Bertz CT molecular complexity index is 598. The number of carbonyl (C=O) groups excluding carboxylic acids is 1. The second kappa shape index (κ2) is 7.97. The van der Waals surface area contributed by atoms with Crippen LogP contribution in [0.2, 0.25) is 5.02 Å². The van der Waals surface area contributed by atoms with Crippen LogP contribution in [-0.4, -0.2) is 12.5 Å². The number of quaternary nitrogens is 1. The summed E-state index contributed by atoms with van der Waals surface area (Å²) < 4.78 is 0. The fraction of sp³-hybridized carbons (Fsp3) is 0.278. The lowest BCUT2D eigenvalue weighted by atomic mass is 10.1. The molecule has 2 aromatic rings. The highest BCUT2D eigenvalue weighted by Gasteiger charge is 2.13. The van der Waals surface area contributed by atoms with Crippen molar-refractivity contribution in [2.45, 2.75) is 25.9 Å². The van der Waals surface area contributed by atoms with E-state index in [1.165, 1.54) is 5.56 Å². The van der Waals surface area contributed by atoms with Gasteiger partial charge in [0, 0.05) is 10.6 Å². The van der Waals surface area contributed by atoms with Crippen LogP contribution < -0.4 is 10.6 Å². The van der Waals surface area contributed by atoms with E-state index in [-0.39, 0.29) is 18.0 Å². The van der Waals surface area contributed by atoms with Gasteiger partial charge in [0.1, 0.15) is 6.04 Å². The summed E-state index contributed by atoms with van der Waals surface area (Å²) in [5, 5.41) is 5.75. The van der Waals surface area contributed by atoms with Gasteiger partial charge in [0.15, 0.2) is 6.54 Å². The molecule has 1 amide bonds. The van der Waals surface area contributed by atoms with Gasteiger partial charge in [-0.25, -0.2) is 0 Å². The van der Waals surface area contributed by atoms with E-state index in [0.29, 0.717) is 11.6 Å². The molecule has 0 saturated carbocycles. The Labute approximate surface area is 136 Å². The smallest absolute Gasteiger partial charge is 0.275 e. The molecule has 116 valence electrons. The molecule has 0 aliphatic rings. The van der Waals surface area contributed by atoms with Gasteiger partial charge in [-0.05, 0) is 31.5 Å². The summed E-state index contributed by atoms with van der Waals surface area (Å²) in [6.07, 6.45) is 0. The summed E-state index contributed by atoms with van der Waals surface area (Å²) in [4.78, 5) is 12.1. The van der Waals surface area contributed by atoms with Crippen LogP contribution in [0.3, 0.4) is 0 Å². The third kappa shape index (κ3) is 4.86. The summed E-state index contributed by atoms with van der Waals surface area (Å²) in [6.45, 7) is 4.49. The maximum Gasteiger partial charge on any atom is 0.275 e. The van der Waals surface area contributed by atoms with Gasteiger partial charge in [-0.3, -0.25) is 4.79 Å². The molecular formula is C18H22ClN2O+. The second-order valence-corrected chi connectivity index (χ2v) is 5.92. The van der Waals surface area contributed by atoms with Crippen molar-refractivity contribution in [3.63, 3.8) is 0 Å². The van der Waals surface area contributed by atoms with Crippen molar-refractivity contribution in [1.82, 2.24) is 5.32 Å². The molecule has 4 heteroatoms. The second-order valence-electron chi connectivity index (χ2n) is 5.48. The highest BCUT2D eigenvalue weighted by atomic mass is 35.5. The van der Waals surface area contributed by atoms with Gasteiger partial charge >= 0.3 is 0 Å². The highest BCUT2D eigenvalue weighted by Crippen LogP contribution is 2.15. The molecule has 0 aliphatic carbocycles. The number of benzene rings is 2. The van der Waals surface area contributed by atoms with Crippen LogP contribution in [-0.2, 0) is 4.79 Å². The van der Waals surface area contributed by atoms with E-state index in [9.17, 15) is 4.79 Å². The molecule has 0 unspecified atom stereocenters. The first-order valence-corrected chi connectivity index (χ1v) is 7.87. The normalized spacial score (nSPS) is 13.4. The predicted octanol–water partition coefficient (Wildman–Crippen LogP) is 2.84. The van der Waals surface area contributed by atoms with E-state index in [4.69, 9.17) is 11.6 Å². The van der Waals surface area contributed by atoms with E-state index in [0.717, 1.165) is 5.56 Å². The van der Waals surface area contributed by atoms with E-state index in [1.807, 2.05) is 54.7 Å². The fourth-order valence-corrected chi connectivity index (χ4v) is 2.44. The van der Waals surface area contributed by atoms with Crippen molar-refractivity contribution >= 4 is 17.5 Å². The van der Waals surface area contributed by atoms with Crippen LogP contribution in [0.1, 0.15) is 37.1 Å². The molecule has 0 saturated heterocycles. The maximum absolute atomic E-state index is 12.1. The van der Waals surface area contributed by atoms with Crippen molar-refractivity contribution in [3.8, 4) is 0 Å². The molecule has 2 rings (SSSR count). The van der Waals surface area contributed by atoms with Gasteiger partial charge in [-0.2, -0.15) is 0 Å². The Balaban J connectivity index is 1.81. The molecule has 3 N–H and O–H groups in total. The van der Waals surface area contributed by atoms with Crippen LogP contribution in [0.15, 0.2) is 54.6 Å². The lowest BCUT2D eigenvalue weighted by Gasteiger charge is -2.15. The minimum absolute atomic E-state index is 0.0230. The zero-order chi connectivity index (χ0) is 15.9. The average molecular weight is 318 g/mol. The van der Waals surface area contributed by atoms with Crippen molar-refractivity contribution in [3.05, 3.63) is 70.7 Å². The van der Waals surface area contributed by atoms with E-state index < -0.39 is 0 Å². The Hall–Kier alpha value is -1.84. The van der Waals surface area contributed by atoms with E-state index in [2.05, 4.69) is 24.4 Å². The van der Waals surface area contributed by atoms with Gasteiger partial charge in [0.05, 0.1) is 6.04 Å². The summed E-state index contributed by atoms with van der Waals surface area (Å²) in [5.41, 5.74) is 2.27. The molecule has 0 radical (unpaired) electrons. The van der Waals surface area contributed by atoms with E-state index in [1.54, 1.807) is 0 Å². The summed E-state index contributed by atoms with van der Waals surface area (Å²) in [7, 11) is 0. The average Bonchev–Trinajstić information content (AvgIpc) is 2.54. The topological polar surface area (TPSA) is 45.7 Å². The Kier molecular flexibility index (Phi) is 5.99. The molecule has 0 spiro atoms.